The number of aromatic amines is 1. The molecule has 7 heteroatoms. The second-order valence-electron chi connectivity index (χ2n) is 3.25. The van der Waals surface area contributed by atoms with Gasteiger partial charge in [-0.05, 0) is 19.1 Å². The van der Waals surface area contributed by atoms with Gasteiger partial charge in [-0.25, -0.2) is 5.10 Å². The molecule has 0 aliphatic carbocycles. The molecule has 0 atom stereocenters. The number of anilines is 1. The van der Waals surface area contributed by atoms with Crippen molar-refractivity contribution >= 4 is 23.5 Å². The van der Waals surface area contributed by atoms with E-state index in [4.69, 9.17) is 16.0 Å². The molecular weight excluding hydrogens is 244 g/mol. The minimum Gasteiger partial charge on any atom is -0.460 e. The van der Waals surface area contributed by atoms with E-state index in [9.17, 15) is 4.79 Å². The lowest BCUT2D eigenvalue weighted by molar-refractivity contribution is 0.528. The lowest BCUT2D eigenvalue weighted by Gasteiger charge is -1.99. The maximum absolute atomic E-state index is 11.1. The van der Waals surface area contributed by atoms with Gasteiger partial charge in [-0.2, -0.15) is 10.2 Å². The Morgan fingerprint density at radius 3 is 3.12 bits per heavy atom. The summed E-state index contributed by atoms with van der Waals surface area (Å²) in [5, 5.41) is 9.68. The monoisotopic (exact) mass is 252 g/mol. The predicted molar refractivity (Wildman–Crippen MR) is 64.5 cm³/mol. The Balaban J connectivity index is 2.10. The van der Waals surface area contributed by atoms with Gasteiger partial charge in [0.15, 0.2) is 0 Å². The van der Waals surface area contributed by atoms with E-state index in [2.05, 4.69) is 20.7 Å². The summed E-state index contributed by atoms with van der Waals surface area (Å²) in [5.74, 6) is 1.39. The van der Waals surface area contributed by atoms with Gasteiger partial charge in [0, 0.05) is 0 Å². The molecule has 0 saturated heterocycles. The molecule has 0 amide bonds. The first-order valence-corrected chi connectivity index (χ1v) is 5.13. The smallest absolute Gasteiger partial charge is 0.285 e. The molecule has 0 spiro atoms. The van der Waals surface area contributed by atoms with Crippen LogP contribution in [0.3, 0.4) is 0 Å². The van der Waals surface area contributed by atoms with Crippen molar-refractivity contribution in [1.82, 2.24) is 10.2 Å². The molecule has 2 aromatic heterocycles. The van der Waals surface area contributed by atoms with Gasteiger partial charge in [0.25, 0.3) is 5.56 Å². The molecule has 88 valence electrons. The van der Waals surface area contributed by atoms with Crippen molar-refractivity contribution in [3.8, 4) is 0 Å². The number of aromatic nitrogens is 2. The van der Waals surface area contributed by atoms with Crippen LogP contribution in [0.1, 0.15) is 11.5 Å². The zero-order chi connectivity index (χ0) is 12.3. The number of hydrogen-bond acceptors (Lipinski definition) is 5. The Morgan fingerprint density at radius 2 is 2.41 bits per heavy atom. The summed E-state index contributed by atoms with van der Waals surface area (Å²) in [7, 11) is 0. The molecule has 2 N–H and O–H groups in total. The van der Waals surface area contributed by atoms with E-state index in [-0.39, 0.29) is 5.02 Å². The van der Waals surface area contributed by atoms with E-state index in [1.807, 2.05) is 13.0 Å². The van der Waals surface area contributed by atoms with E-state index in [0.29, 0.717) is 11.4 Å². The van der Waals surface area contributed by atoms with Gasteiger partial charge in [-0.15, -0.1) is 0 Å². The molecule has 0 aromatic carbocycles. The van der Waals surface area contributed by atoms with Crippen LogP contribution < -0.4 is 11.0 Å². The second kappa shape index (κ2) is 4.84. The first-order chi connectivity index (χ1) is 8.16. The fraction of sp³-hybridized carbons (Fsp3) is 0.100. The highest BCUT2D eigenvalue weighted by Crippen LogP contribution is 2.14. The first kappa shape index (κ1) is 11.4. The van der Waals surface area contributed by atoms with Gasteiger partial charge in [-0.3, -0.25) is 10.2 Å². The van der Waals surface area contributed by atoms with Crippen LogP contribution in [-0.4, -0.2) is 16.4 Å². The van der Waals surface area contributed by atoms with Crippen molar-refractivity contribution in [1.29, 1.82) is 0 Å². The summed E-state index contributed by atoms with van der Waals surface area (Å²) >= 11 is 5.74. The quantitative estimate of drug-likeness (QED) is 0.644. The van der Waals surface area contributed by atoms with Crippen molar-refractivity contribution in [2.45, 2.75) is 6.92 Å². The third-order valence-corrected chi connectivity index (χ3v) is 2.31. The number of hydrazone groups is 1. The van der Waals surface area contributed by atoms with Crippen LogP contribution in [0, 0.1) is 6.92 Å². The summed E-state index contributed by atoms with van der Waals surface area (Å²) in [5.41, 5.74) is 2.46. The zero-order valence-electron chi connectivity index (χ0n) is 8.90. The summed E-state index contributed by atoms with van der Waals surface area (Å²) in [6, 6.07) is 3.60. The number of aryl methyl sites for hydroxylation is 1. The summed E-state index contributed by atoms with van der Waals surface area (Å²) < 4.78 is 5.27. The molecule has 0 saturated carbocycles. The van der Waals surface area contributed by atoms with E-state index in [1.165, 1.54) is 12.4 Å². The van der Waals surface area contributed by atoms with Crippen molar-refractivity contribution < 1.29 is 4.42 Å². The fourth-order valence-electron chi connectivity index (χ4n) is 1.15. The molecule has 2 heterocycles. The SMILES string of the molecule is Cc1ccc(C=NNc2cn[nH]c(=O)c2Cl)o1. The first-order valence-electron chi connectivity index (χ1n) is 4.75. The molecular formula is C10H9ClN4O2. The average molecular weight is 253 g/mol. The molecule has 0 unspecified atom stereocenters. The number of rotatable bonds is 3. The minimum absolute atomic E-state index is 0.00720. The lowest BCUT2D eigenvalue weighted by atomic mass is 10.4. The van der Waals surface area contributed by atoms with Gasteiger partial charge in [0.05, 0.1) is 12.4 Å². The van der Waals surface area contributed by atoms with Crippen LogP contribution in [0.2, 0.25) is 5.02 Å². The van der Waals surface area contributed by atoms with Crippen LogP contribution in [0.15, 0.2) is 32.6 Å². The third-order valence-electron chi connectivity index (χ3n) is 1.93. The summed E-state index contributed by atoms with van der Waals surface area (Å²) in [6.07, 6.45) is 2.85. The van der Waals surface area contributed by atoms with E-state index >= 15 is 0 Å². The highest BCUT2D eigenvalue weighted by atomic mass is 35.5. The maximum atomic E-state index is 11.1. The molecule has 6 nitrogen and oxygen atoms in total. The van der Waals surface area contributed by atoms with Gasteiger partial charge in [0.2, 0.25) is 0 Å². The lowest BCUT2D eigenvalue weighted by Crippen LogP contribution is -2.09. The van der Waals surface area contributed by atoms with E-state index in [1.54, 1.807) is 6.07 Å². The van der Waals surface area contributed by atoms with Gasteiger partial charge in [0.1, 0.15) is 22.2 Å². The maximum Gasteiger partial charge on any atom is 0.285 e. The third kappa shape index (κ3) is 2.73. The molecule has 2 rings (SSSR count). The topological polar surface area (TPSA) is 83.3 Å². The Bertz CT molecular complexity index is 602. The molecule has 17 heavy (non-hydrogen) atoms. The van der Waals surface area contributed by atoms with Crippen LogP contribution in [-0.2, 0) is 0 Å². The standard InChI is InChI=1S/C10H9ClN4O2/c1-6-2-3-7(17-6)4-12-14-8-5-13-15-10(16)9(8)11/h2-5H,1H3,(H2,14,15,16). The van der Waals surface area contributed by atoms with E-state index in [0.717, 1.165) is 5.76 Å². The van der Waals surface area contributed by atoms with Crippen LogP contribution >= 0.6 is 11.6 Å². The van der Waals surface area contributed by atoms with Crippen molar-refractivity contribution in [2.75, 3.05) is 5.43 Å². The predicted octanol–water partition coefficient (Wildman–Crippen LogP) is 1.77. The number of H-pyrrole nitrogens is 1. The second-order valence-corrected chi connectivity index (χ2v) is 3.62. The van der Waals surface area contributed by atoms with Crippen LogP contribution in [0.25, 0.3) is 0 Å². The minimum atomic E-state index is -0.472. The average Bonchev–Trinajstić information content (AvgIpc) is 2.70. The Morgan fingerprint density at radius 1 is 1.59 bits per heavy atom. The van der Waals surface area contributed by atoms with Gasteiger partial charge in [-0.1, -0.05) is 11.6 Å². The van der Waals surface area contributed by atoms with Crippen molar-refractivity contribution in [3.63, 3.8) is 0 Å². The number of furan rings is 1. The summed E-state index contributed by atoms with van der Waals surface area (Å²) in [4.78, 5) is 11.1. The number of nitrogens with zero attached hydrogens (tertiary/aromatic N) is 2. The van der Waals surface area contributed by atoms with Crippen molar-refractivity contribution in [3.05, 3.63) is 45.2 Å². The van der Waals surface area contributed by atoms with E-state index < -0.39 is 5.56 Å². The normalized spacial score (nSPS) is 10.9. The molecule has 0 bridgehead atoms. The number of nitrogens with one attached hydrogen (secondary N) is 2. The molecule has 0 fully saturated rings. The highest BCUT2D eigenvalue weighted by molar-refractivity contribution is 6.32. The molecule has 0 aliphatic rings. The van der Waals surface area contributed by atoms with Crippen LogP contribution in [0.5, 0.6) is 0 Å². The zero-order valence-corrected chi connectivity index (χ0v) is 9.65. The summed E-state index contributed by atoms with van der Waals surface area (Å²) in [6.45, 7) is 1.84. The molecule has 0 aliphatic heterocycles. The van der Waals surface area contributed by atoms with Crippen molar-refractivity contribution in [2.24, 2.45) is 5.10 Å². The van der Waals surface area contributed by atoms with Gasteiger partial charge >= 0.3 is 0 Å². The highest BCUT2D eigenvalue weighted by Gasteiger charge is 2.02. The number of halogens is 1. The Labute approximate surface area is 101 Å². The Kier molecular flexibility index (Phi) is 3.24. The van der Waals surface area contributed by atoms with Crippen LogP contribution in [0.4, 0.5) is 5.69 Å². The fourth-order valence-corrected chi connectivity index (χ4v) is 1.28. The molecule has 0 radical (unpaired) electrons. The Hall–Kier alpha value is -2.08. The van der Waals surface area contributed by atoms with Gasteiger partial charge < -0.3 is 4.42 Å². The number of hydrogen-bond donors (Lipinski definition) is 2. The molecule has 2 aromatic rings. The largest absolute Gasteiger partial charge is 0.460 e.